The fraction of sp³-hybridized carbons (Fsp3) is 0.571. The van der Waals surface area contributed by atoms with Crippen molar-refractivity contribution in [3.8, 4) is 0 Å². The topological polar surface area (TPSA) is 61.4 Å². The number of likely N-dealkylation sites (tertiary alicyclic amines) is 1. The Morgan fingerprint density at radius 3 is 2.90 bits per heavy atom. The molecule has 0 aromatic carbocycles. The number of piperidine rings is 1. The number of carbonyl (C=O) groups excluding carboxylic acids is 2. The molecule has 1 unspecified atom stereocenters. The van der Waals surface area contributed by atoms with Gasteiger partial charge in [-0.3, -0.25) is 4.79 Å². The van der Waals surface area contributed by atoms with E-state index in [0.717, 1.165) is 28.0 Å². The zero-order chi connectivity index (χ0) is 15.2. The van der Waals surface area contributed by atoms with E-state index in [1.54, 1.807) is 11.3 Å². The van der Waals surface area contributed by atoms with Gasteiger partial charge in [0, 0.05) is 31.4 Å². The summed E-state index contributed by atoms with van der Waals surface area (Å²) in [7, 11) is 0. The smallest absolute Gasteiger partial charge is 0.317 e. The van der Waals surface area contributed by atoms with E-state index in [2.05, 4.69) is 26.6 Å². The minimum Gasteiger partial charge on any atom is -0.356 e. The molecular formula is C14H20BrN3O2S. The quantitative estimate of drug-likeness (QED) is 0.851. The molecule has 3 amide bonds. The normalized spacial score (nSPS) is 18.4. The summed E-state index contributed by atoms with van der Waals surface area (Å²) in [5, 5.41) is 5.79. The molecule has 0 bridgehead atoms. The Balaban J connectivity index is 1.77. The van der Waals surface area contributed by atoms with E-state index in [-0.39, 0.29) is 11.9 Å². The lowest BCUT2D eigenvalue weighted by molar-refractivity contribution is -0.119. The predicted octanol–water partition coefficient (Wildman–Crippen LogP) is 2.57. The van der Waals surface area contributed by atoms with Gasteiger partial charge in [-0.05, 0) is 46.8 Å². The lowest BCUT2D eigenvalue weighted by atomic mass is 9.98. The van der Waals surface area contributed by atoms with Crippen molar-refractivity contribution in [2.45, 2.75) is 26.3 Å². The van der Waals surface area contributed by atoms with Crippen LogP contribution in [-0.2, 0) is 11.3 Å². The van der Waals surface area contributed by atoms with Gasteiger partial charge < -0.3 is 15.5 Å². The summed E-state index contributed by atoms with van der Waals surface area (Å²) in [5.41, 5.74) is 0. The van der Waals surface area contributed by atoms with E-state index in [1.807, 2.05) is 17.0 Å². The van der Waals surface area contributed by atoms with Crippen LogP contribution < -0.4 is 10.6 Å². The molecule has 21 heavy (non-hydrogen) atoms. The Kier molecular flexibility index (Phi) is 6.05. The van der Waals surface area contributed by atoms with Crippen LogP contribution in [0.1, 0.15) is 24.6 Å². The van der Waals surface area contributed by atoms with Gasteiger partial charge in [0.15, 0.2) is 0 Å². The molecule has 0 saturated carbocycles. The molecule has 2 rings (SSSR count). The second-order valence-corrected chi connectivity index (χ2v) is 7.80. The number of carbonyl (C=O) groups is 2. The molecule has 1 aliphatic heterocycles. The molecule has 0 aliphatic carbocycles. The third kappa shape index (κ3) is 5.32. The van der Waals surface area contributed by atoms with Crippen LogP contribution in [0.4, 0.5) is 4.79 Å². The molecule has 2 heterocycles. The highest BCUT2D eigenvalue weighted by Gasteiger charge is 2.23. The average molecular weight is 374 g/mol. The van der Waals surface area contributed by atoms with Crippen LogP contribution in [0.5, 0.6) is 0 Å². The summed E-state index contributed by atoms with van der Waals surface area (Å²) in [6.45, 7) is 4.22. The van der Waals surface area contributed by atoms with Gasteiger partial charge in [-0.25, -0.2) is 4.79 Å². The fourth-order valence-electron chi connectivity index (χ4n) is 2.43. The number of nitrogens with zero attached hydrogens (tertiary/aromatic N) is 1. The second kappa shape index (κ2) is 7.79. The Bertz CT molecular complexity index is 506. The molecule has 1 saturated heterocycles. The molecule has 7 heteroatoms. The van der Waals surface area contributed by atoms with Crippen molar-refractivity contribution in [2.24, 2.45) is 5.92 Å². The summed E-state index contributed by atoms with van der Waals surface area (Å²) in [6, 6.07) is 3.97. The first-order valence-corrected chi connectivity index (χ1v) is 8.67. The van der Waals surface area contributed by atoms with Crippen molar-refractivity contribution in [3.63, 3.8) is 0 Å². The molecule has 5 nitrogen and oxygen atoms in total. The van der Waals surface area contributed by atoms with E-state index >= 15 is 0 Å². The molecule has 0 spiro atoms. The highest BCUT2D eigenvalue weighted by molar-refractivity contribution is 9.11. The number of amides is 3. The summed E-state index contributed by atoms with van der Waals surface area (Å²) in [5.74, 6) is 0.337. The van der Waals surface area contributed by atoms with Gasteiger partial charge in [0.25, 0.3) is 0 Å². The van der Waals surface area contributed by atoms with Crippen LogP contribution in [0.25, 0.3) is 0 Å². The SMILES string of the molecule is CC(=O)NCC1CCCN(C(=O)NCc2ccc(Br)s2)C1. The van der Waals surface area contributed by atoms with Crippen molar-refractivity contribution >= 4 is 39.2 Å². The molecule has 116 valence electrons. The highest BCUT2D eigenvalue weighted by atomic mass is 79.9. The molecule has 1 aromatic heterocycles. The van der Waals surface area contributed by atoms with Gasteiger partial charge in [0.1, 0.15) is 0 Å². The molecular weight excluding hydrogens is 354 g/mol. The number of thiophene rings is 1. The van der Waals surface area contributed by atoms with Crippen LogP contribution in [0.3, 0.4) is 0 Å². The van der Waals surface area contributed by atoms with E-state index < -0.39 is 0 Å². The van der Waals surface area contributed by atoms with E-state index in [9.17, 15) is 9.59 Å². The predicted molar refractivity (Wildman–Crippen MR) is 87.2 cm³/mol. The minimum atomic E-state index is -0.0213. The third-order valence-electron chi connectivity index (χ3n) is 3.49. The van der Waals surface area contributed by atoms with Crippen LogP contribution in [0.2, 0.25) is 0 Å². The molecule has 2 N–H and O–H groups in total. The molecule has 1 aromatic rings. The van der Waals surface area contributed by atoms with Crippen LogP contribution in [0, 0.1) is 5.92 Å². The Morgan fingerprint density at radius 1 is 1.43 bits per heavy atom. The molecule has 1 atom stereocenters. The van der Waals surface area contributed by atoms with Crippen molar-refractivity contribution in [3.05, 3.63) is 20.8 Å². The lowest BCUT2D eigenvalue weighted by Crippen LogP contribution is -2.47. The van der Waals surface area contributed by atoms with Crippen molar-refractivity contribution < 1.29 is 9.59 Å². The number of hydrogen-bond acceptors (Lipinski definition) is 3. The summed E-state index contributed by atoms with van der Waals surface area (Å²) in [6.07, 6.45) is 2.05. The molecule has 1 fully saturated rings. The largest absolute Gasteiger partial charge is 0.356 e. The third-order valence-corrected chi connectivity index (χ3v) is 5.11. The summed E-state index contributed by atoms with van der Waals surface area (Å²) >= 11 is 5.04. The maximum Gasteiger partial charge on any atom is 0.317 e. The fourth-order valence-corrected chi connectivity index (χ4v) is 3.85. The lowest BCUT2D eigenvalue weighted by Gasteiger charge is -2.32. The van der Waals surface area contributed by atoms with Crippen LogP contribution in [0.15, 0.2) is 15.9 Å². The van der Waals surface area contributed by atoms with E-state index in [0.29, 0.717) is 25.6 Å². The van der Waals surface area contributed by atoms with Gasteiger partial charge in [-0.15, -0.1) is 11.3 Å². The Morgan fingerprint density at radius 2 is 2.24 bits per heavy atom. The number of halogens is 1. The maximum absolute atomic E-state index is 12.2. The van der Waals surface area contributed by atoms with Crippen LogP contribution >= 0.6 is 27.3 Å². The van der Waals surface area contributed by atoms with Crippen molar-refractivity contribution in [1.82, 2.24) is 15.5 Å². The number of rotatable bonds is 4. The number of nitrogens with one attached hydrogen (secondary N) is 2. The van der Waals surface area contributed by atoms with E-state index in [4.69, 9.17) is 0 Å². The van der Waals surface area contributed by atoms with Crippen molar-refractivity contribution in [2.75, 3.05) is 19.6 Å². The number of hydrogen-bond donors (Lipinski definition) is 2. The first kappa shape index (κ1) is 16.3. The maximum atomic E-state index is 12.2. The van der Waals surface area contributed by atoms with Gasteiger partial charge in [0.2, 0.25) is 5.91 Å². The summed E-state index contributed by atoms with van der Waals surface area (Å²) < 4.78 is 1.07. The van der Waals surface area contributed by atoms with Gasteiger partial charge in [-0.1, -0.05) is 0 Å². The number of urea groups is 1. The van der Waals surface area contributed by atoms with Gasteiger partial charge in [0.05, 0.1) is 10.3 Å². The summed E-state index contributed by atoms with van der Waals surface area (Å²) in [4.78, 5) is 26.1. The first-order chi connectivity index (χ1) is 10.0. The minimum absolute atomic E-state index is 0.0140. The second-order valence-electron chi connectivity index (χ2n) is 5.26. The molecule has 1 aliphatic rings. The Labute approximate surface area is 137 Å². The van der Waals surface area contributed by atoms with Crippen molar-refractivity contribution in [1.29, 1.82) is 0 Å². The zero-order valence-corrected chi connectivity index (χ0v) is 14.4. The zero-order valence-electron chi connectivity index (χ0n) is 12.0. The standard InChI is InChI=1S/C14H20BrN3O2S/c1-10(19)16-7-11-3-2-6-18(9-11)14(20)17-8-12-4-5-13(15)21-12/h4-5,11H,2-3,6-9H2,1H3,(H,16,19)(H,17,20). The average Bonchev–Trinajstić information content (AvgIpc) is 2.88. The highest BCUT2D eigenvalue weighted by Crippen LogP contribution is 2.22. The van der Waals surface area contributed by atoms with Gasteiger partial charge in [-0.2, -0.15) is 0 Å². The first-order valence-electron chi connectivity index (χ1n) is 7.06. The van der Waals surface area contributed by atoms with E-state index in [1.165, 1.54) is 6.92 Å². The Hall–Kier alpha value is -1.08. The van der Waals surface area contributed by atoms with Gasteiger partial charge >= 0.3 is 6.03 Å². The monoisotopic (exact) mass is 373 g/mol. The molecule has 0 radical (unpaired) electrons. The van der Waals surface area contributed by atoms with Crippen LogP contribution in [-0.4, -0.2) is 36.5 Å².